The zero-order valence-electron chi connectivity index (χ0n) is 22.7. The van der Waals surface area contributed by atoms with Gasteiger partial charge in [-0.2, -0.15) is 0 Å². The Bertz CT molecular complexity index is 665. The summed E-state index contributed by atoms with van der Waals surface area (Å²) in [6.45, 7) is 17.6. The van der Waals surface area contributed by atoms with Crippen LogP contribution in [0.1, 0.15) is 75.2 Å². The van der Waals surface area contributed by atoms with Gasteiger partial charge in [0.25, 0.3) is 0 Å². The number of aliphatic hydroxyl groups is 2. The smallest absolute Gasteiger partial charge is 0.316 e. The Morgan fingerprint density at radius 1 is 1.18 bits per heavy atom. The fourth-order valence-electron chi connectivity index (χ4n) is 6.05. The summed E-state index contributed by atoms with van der Waals surface area (Å²) in [5.41, 5.74) is -2.25. The highest BCUT2D eigenvalue weighted by Gasteiger charge is 2.48. The van der Waals surface area contributed by atoms with Crippen molar-refractivity contribution >= 4 is 11.8 Å². The van der Waals surface area contributed by atoms with E-state index in [1.807, 2.05) is 25.8 Å². The lowest BCUT2D eigenvalue weighted by atomic mass is 9.67. The summed E-state index contributed by atoms with van der Waals surface area (Å²) >= 11 is 0. The molecule has 1 unspecified atom stereocenters. The van der Waals surface area contributed by atoms with E-state index < -0.39 is 41.2 Å². The standard InChI is InChI=1S/C26H49NO6/c1-12-20-26(9,31)23(29)19(7)27(10)14-16(4)13-25(8,32-11)21(15(2)3)17(5)22(28)18(6)24(30)33-20/h15-21,23,29,31H,12-14H2,1-11H3/t16-,17-,18-,19-,20-,21?,23-,25-,26-/m1/s1. The van der Waals surface area contributed by atoms with E-state index in [0.717, 1.165) is 0 Å². The molecular weight excluding hydrogens is 422 g/mol. The highest BCUT2D eigenvalue weighted by Crippen LogP contribution is 2.40. The number of carbonyl (C=O) groups is 2. The molecule has 0 bridgehead atoms. The van der Waals surface area contributed by atoms with Crippen LogP contribution in [0.5, 0.6) is 0 Å². The molecule has 9 atom stereocenters. The maximum absolute atomic E-state index is 13.4. The molecule has 0 aromatic rings. The van der Waals surface area contributed by atoms with Gasteiger partial charge in [0.1, 0.15) is 29.5 Å². The summed E-state index contributed by atoms with van der Waals surface area (Å²) in [6, 6.07) is -0.381. The highest BCUT2D eigenvalue weighted by atomic mass is 16.6. The Kier molecular flexibility index (Phi) is 10.6. The summed E-state index contributed by atoms with van der Waals surface area (Å²) in [5, 5.41) is 22.3. The molecule has 0 saturated carbocycles. The highest BCUT2D eigenvalue weighted by molar-refractivity contribution is 5.99. The number of aliphatic hydroxyl groups excluding tert-OH is 1. The molecule has 1 aliphatic rings. The fraction of sp³-hybridized carbons (Fsp3) is 0.923. The first-order chi connectivity index (χ1) is 15.0. The molecule has 0 radical (unpaired) electrons. The zero-order chi connectivity index (χ0) is 25.9. The van der Waals surface area contributed by atoms with E-state index in [2.05, 4.69) is 27.7 Å². The lowest BCUT2D eigenvalue weighted by Gasteiger charge is -2.44. The molecule has 0 spiro atoms. The average Bonchev–Trinajstić information content (AvgIpc) is 2.73. The topological polar surface area (TPSA) is 96.3 Å². The lowest BCUT2D eigenvalue weighted by Crippen LogP contribution is -2.59. The molecule has 1 rings (SSSR count). The van der Waals surface area contributed by atoms with Gasteiger partial charge in [-0.25, -0.2) is 0 Å². The minimum absolute atomic E-state index is 0.101. The van der Waals surface area contributed by atoms with Gasteiger partial charge in [-0.15, -0.1) is 0 Å². The van der Waals surface area contributed by atoms with Crippen molar-refractivity contribution in [1.29, 1.82) is 0 Å². The lowest BCUT2D eigenvalue weighted by molar-refractivity contribution is -0.189. The van der Waals surface area contributed by atoms with E-state index in [0.29, 0.717) is 19.4 Å². The number of ketones is 1. The molecule has 0 aromatic carbocycles. The Morgan fingerprint density at radius 3 is 2.18 bits per heavy atom. The van der Waals surface area contributed by atoms with E-state index >= 15 is 0 Å². The molecule has 7 heteroatoms. The van der Waals surface area contributed by atoms with Crippen molar-refractivity contribution in [2.45, 2.75) is 105 Å². The van der Waals surface area contributed by atoms with E-state index in [-0.39, 0.29) is 29.6 Å². The largest absolute Gasteiger partial charge is 0.459 e. The molecule has 0 aliphatic carbocycles. The van der Waals surface area contributed by atoms with Gasteiger partial charge < -0.3 is 24.6 Å². The van der Waals surface area contributed by atoms with Gasteiger partial charge in [0.2, 0.25) is 0 Å². The van der Waals surface area contributed by atoms with E-state index in [1.165, 1.54) is 6.92 Å². The van der Waals surface area contributed by atoms with E-state index in [9.17, 15) is 19.8 Å². The molecule has 1 saturated heterocycles. The summed E-state index contributed by atoms with van der Waals surface area (Å²) in [4.78, 5) is 28.5. The zero-order valence-corrected chi connectivity index (χ0v) is 22.7. The molecule has 2 N–H and O–H groups in total. The monoisotopic (exact) mass is 471 g/mol. The van der Waals surface area contributed by atoms with Crippen molar-refractivity contribution < 1.29 is 29.3 Å². The third-order valence-corrected chi connectivity index (χ3v) is 8.04. The minimum atomic E-state index is -1.67. The third kappa shape index (κ3) is 6.56. The Labute approximate surface area is 201 Å². The number of ether oxygens (including phenoxy) is 2. The summed E-state index contributed by atoms with van der Waals surface area (Å²) in [7, 11) is 3.61. The Morgan fingerprint density at radius 2 is 1.73 bits per heavy atom. The number of rotatable bonds is 3. The van der Waals surface area contributed by atoms with Crippen LogP contribution in [-0.4, -0.2) is 77.0 Å². The maximum Gasteiger partial charge on any atom is 0.316 e. The number of cyclic esters (lactones) is 1. The molecule has 7 nitrogen and oxygen atoms in total. The first kappa shape index (κ1) is 30.0. The van der Waals surface area contributed by atoms with Crippen molar-refractivity contribution in [3.05, 3.63) is 0 Å². The number of hydrogen-bond donors (Lipinski definition) is 2. The van der Waals surface area contributed by atoms with Crippen molar-refractivity contribution in [3.63, 3.8) is 0 Å². The van der Waals surface area contributed by atoms with Crippen LogP contribution in [0.25, 0.3) is 0 Å². The molecule has 1 heterocycles. The number of carbonyl (C=O) groups excluding carboxylic acids is 2. The third-order valence-electron chi connectivity index (χ3n) is 8.04. The van der Waals surface area contributed by atoms with Crippen LogP contribution in [0.15, 0.2) is 0 Å². The van der Waals surface area contributed by atoms with Crippen molar-refractivity contribution in [2.24, 2.45) is 29.6 Å². The fourth-order valence-corrected chi connectivity index (χ4v) is 6.05. The first-order valence-corrected chi connectivity index (χ1v) is 12.4. The van der Waals surface area contributed by atoms with Crippen LogP contribution in [0.3, 0.4) is 0 Å². The quantitative estimate of drug-likeness (QED) is 0.481. The van der Waals surface area contributed by atoms with E-state index in [1.54, 1.807) is 21.0 Å². The van der Waals surface area contributed by atoms with Crippen LogP contribution < -0.4 is 0 Å². The molecule has 0 amide bonds. The van der Waals surface area contributed by atoms with Crippen molar-refractivity contribution in [1.82, 2.24) is 4.90 Å². The predicted molar refractivity (Wildman–Crippen MR) is 130 cm³/mol. The van der Waals surface area contributed by atoms with Crippen molar-refractivity contribution in [3.8, 4) is 0 Å². The summed E-state index contributed by atoms with van der Waals surface area (Å²) in [5.74, 6) is -2.00. The van der Waals surface area contributed by atoms with Gasteiger partial charge in [0, 0.05) is 25.6 Å². The number of Topliss-reactive ketones (excluding diaryl/α,β-unsaturated/α-hetero) is 1. The number of nitrogens with zero attached hydrogens (tertiary/aromatic N) is 1. The second kappa shape index (κ2) is 11.6. The summed E-state index contributed by atoms with van der Waals surface area (Å²) in [6.07, 6.45) is -1.06. The second-order valence-electron chi connectivity index (χ2n) is 11.2. The molecule has 0 aromatic heterocycles. The summed E-state index contributed by atoms with van der Waals surface area (Å²) < 4.78 is 11.7. The van der Waals surface area contributed by atoms with Gasteiger partial charge in [0.05, 0.1) is 5.60 Å². The molecule has 1 fully saturated rings. The maximum atomic E-state index is 13.4. The normalized spacial score (nSPS) is 43.2. The first-order valence-electron chi connectivity index (χ1n) is 12.4. The van der Waals surface area contributed by atoms with Gasteiger partial charge in [-0.1, -0.05) is 34.6 Å². The van der Waals surface area contributed by atoms with E-state index in [4.69, 9.17) is 9.47 Å². The number of likely N-dealkylation sites (N-methyl/N-ethyl adjacent to an activating group) is 1. The van der Waals surface area contributed by atoms with Crippen LogP contribution in [-0.2, 0) is 19.1 Å². The van der Waals surface area contributed by atoms with Gasteiger partial charge >= 0.3 is 5.97 Å². The number of esters is 1. The predicted octanol–water partition coefficient (Wildman–Crippen LogP) is 3.30. The SMILES string of the molecule is CC[C@H]1OC(=O)[C@H](C)C(=O)[C@H](C)C(C(C)C)[C@](C)(OC)C[C@@H](C)CN(C)[C@H](C)[C@@H](O)[C@]1(C)O. The van der Waals surface area contributed by atoms with Crippen LogP contribution in [0, 0.1) is 29.6 Å². The van der Waals surface area contributed by atoms with Gasteiger partial charge in [-0.05, 0) is 65.3 Å². The van der Waals surface area contributed by atoms with Crippen molar-refractivity contribution in [2.75, 3.05) is 20.7 Å². The van der Waals surface area contributed by atoms with Gasteiger partial charge in [0.15, 0.2) is 0 Å². The molecule has 1 aliphatic heterocycles. The van der Waals surface area contributed by atoms with Crippen LogP contribution in [0.2, 0.25) is 0 Å². The Hall–Kier alpha value is -1.02. The molecule has 194 valence electrons. The average molecular weight is 472 g/mol. The van der Waals surface area contributed by atoms with Crippen LogP contribution in [0.4, 0.5) is 0 Å². The second-order valence-corrected chi connectivity index (χ2v) is 11.2. The number of methoxy groups -OCH3 is 1. The van der Waals surface area contributed by atoms with Gasteiger partial charge in [-0.3, -0.25) is 9.59 Å². The molecular formula is C26H49NO6. The number of hydrogen-bond acceptors (Lipinski definition) is 7. The Balaban J connectivity index is 3.55. The minimum Gasteiger partial charge on any atom is -0.459 e. The molecule has 33 heavy (non-hydrogen) atoms. The van der Waals surface area contributed by atoms with Crippen LogP contribution >= 0.6 is 0 Å².